The predicted octanol–water partition coefficient (Wildman–Crippen LogP) is 2.81. The molecule has 0 atom stereocenters. The molecule has 4 bridgehead atoms. The number of ether oxygens (including phenoxy) is 4. The van der Waals surface area contributed by atoms with E-state index in [9.17, 15) is 19.2 Å². The van der Waals surface area contributed by atoms with E-state index in [0.29, 0.717) is 12.8 Å². The Bertz CT molecular complexity index is 764. The van der Waals surface area contributed by atoms with Gasteiger partial charge in [0.15, 0.2) is 0 Å². The fourth-order valence-corrected chi connectivity index (χ4v) is 2.60. The SMILES string of the molecule is O=C1OCCCOC(=O)c2ccc(cc2)C(=O)OCCCOC(=O)c2ccc1cc2. The number of carbonyl (C=O) groups is 4. The third-order valence-electron chi connectivity index (χ3n) is 4.22. The van der Waals surface area contributed by atoms with Crippen molar-refractivity contribution in [2.45, 2.75) is 12.8 Å². The Morgan fingerprint density at radius 1 is 0.400 bits per heavy atom. The number of carbonyl (C=O) groups excluding carboxylic acids is 4. The Balaban J connectivity index is 1.67. The van der Waals surface area contributed by atoms with Crippen LogP contribution >= 0.6 is 0 Å². The molecule has 4 aliphatic rings. The molecule has 6 rings (SSSR count). The summed E-state index contributed by atoms with van der Waals surface area (Å²) < 4.78 is 20.5. The van der Waals surface area contributed by atoms with Gasteiger partial charge in [0, 0.05) is 12.8 Å². The minimum absolute atomic E-state index is 0.0701. The van der Waals surface area contributed by atoms with Gasteiger partial charge in [0.2, 0.25) is 0 Å². The van der Waals surface area contributed by atoms with Gasteiger partial charge < -0.3 is 18.9 Å². The van der Waals surface area contributed by atoms with Gasteiger partial charge in [-0.3, -0.25) is 0 Å². The Morgan fingerprint density at radius 2 is 0.600 bits per heavy atom. The first kappa shape index (κ1) is 21.0. The van der Waals surface area contributed by atoms with Crippen molar-refractivity contribution in [2.75, 3.05) is 26.4 Å². The third kappa shape index (κ3) is 5.66. The van der Waals surface area contributed by atoms with Crippen LogP contribution in [0, 0.1) is 0 Å². The second kappa shape index (κ2) is 10.2. The summed E-state index contributed by atoms with van der Waals surface area (Å²) in [5, 5.41) is 0. The summed E-state index contributed by atoms with van der Waals surface area (Å²) in [6.45, 7) is 0.280. The average molecular weight is 412 g/mol. The Labute approximate surface area is 172 Å². The van der Waals surface area contributed by atoms with E-state index in [1.165, 1.54) is 48.5 Å². The molecule has 8 heteroatoms. The van der Waals surface area contributed by atoms with E-state index in [2.05, 4.69) is 0 Å². The maximum Gasteiger partial charge on any atom is 0.338 e. The van der Waals surface area contributed by atoms with E-state index in [4.69, 9.17) is 18.9 Å². The van der Waals surface area contributed by atoms with Gasteiger partial charge in [0.25, 0.3) is 0 Å². The molecule has 2 aromatic rings. The molecule has 0 amide bonds. The lowest BCUT2D eigenvalue weighted by atomic mass is 10.1. The molecule has 0 N–H and O–H groups in total. The first-order valence-electron chi connectivity index (χ1n) is 9.43. The molecule has 4 aliphatic heterocycles. The zero-order valence-electron chi connectivity index (χ0n) is 16.1. The molecule has 8 nitrogen and oxygen atoms in total. The topological polar surface area (TPSA) is 105 Å². The normalized spacial score (nSPS) is 16.5. The van der Waals surface area contributed by atoms with E-state index in [0.717, 1.165) is 0 Å². The van der Waals surface area contributed by atoms with Gasteiger partial charge >= 0.3 is 23.9 Å². The highest BCUT2D eigenvalue weighted by Crippen LogP contribution is 2.10. The Morgan fingerprint density at radius 3 is 0.800 bits per heavy atom. The standard InChI is InChI=1S/C22H20O8/c23-19-15-3-7-17(8-4-15)21(25)29-13-2-14-30-22(26)18-9-5-16(6-10-18)20(24)28-12-1-11-27-19/h3-10H,1-2,11-14H2. The van der Waals surface area contributed by atoms with Crippen LogP contribution in [-0.4, -0.2) is 50.3 Å². The second-order valence-electron chi connectivity index (χ2n) is 6.41. The van der Waals surface area contributed by atoms with Crippen molar-refractivity contribution in [2.24, 2.45) is 0 Å². The maximum atomic E-state index is 12.0. The second-order valence-corrected chi connectivity index (χ2v) is 6.41. The third-order valence-corrected chi connectivity index (χ3v) is 4.22. The van der Waals surface area contributed by atoms with E-state index >= 15 is 0 Å². The Kier molecular flexibility index (Phi) is 7.15. The minimum Gasteiger partial charge on any atom is -0.462 e. The summed E-state index contributed by atoms with van der Waals surface area (Å²) in [6.07, 6.45) is 0.651. The van der Waals surface area contributed by atoms with E-state index < -0.39 is 23.9 Å². The van der Waals surface area contributed by atoms with Crippen molar-refractivity contribution in [3.05, 3.63) is 70.8 Å². The van der Waals surface area contributed by atoms with Crippen molar-refractivity contribution in [1.29, 1.82) is 0 Å². The molecular weight excluding hydrogens is 392 g/mol. The van der Waals surface area contributed by atoms with Crippen LogP contribution in [0.3, 0.4) is 0 Å². The highest BCUT2D eigenvalue weighted by atomic mass is 16.6. The highest BCUT2D eigenvalue weighted by Gasteiger charge is 2.13. The molecule has 0 saturated carbocycles. The molecule has 0 aromatic heterocycles. The van der Waals surface area contributed by atoms with Crippen molar-refractivity contribution in [3.8, 4) is 0 Å². The molecule has 0 unspecified atom stereocenters. The van der Waals surface area contributed by atoms with Crippen molar-refractivity contribution >= 4 is 23.9 Å². The summed E-state index contributed by atoms with van der Waals surface area (Å²) >= 11 is 0. The smallest absolute Gasteiger partial charge is 0.338 e. The van der Waals surface area contributed by atoms with Crippen LogP contribution in [0.4, 0.5) is 0 Å². The number of benzene rings is 2. The van der Waals surface area contributed by atoms with Crippen LogP contribution in [0.5, 0.6) is 0 Å². The van der Waals surface area contributed by atoms with Crippen molar-refractivity contribution in [3.63, 3.8) is 0 Å². The summed E-state index contributed by atoms with van der Waals surface area (Å²) in [4.78, 5) is 48.1. The number of hydrogen-bond acceptors (Lipinski definition) is 8. The van der Waals surface area contributed by atoms with E-state index in [1.54, 1.807) is 0 Å². The molecule has 0 saturated heterocycles. The zero-order valence-corrected chi connectivity index (χ0v) is 16.1. The fourth-order valence-electron chi connectivity index (χ4n) is 2.60. The molecule has 4 heterocycles. The molecule has 0 spiro atoms. The largest absolute Gasteiger partial charge is 0.462 e. The van der Waals surface area contributed by atoms with Crippen LogP contribution in [-0.2, 0) is 18.9 Å². The van der Waals surface area contributed by atoms with Gasteiger partial charge in [-0.2, -0.15) is 0 Å². The van der Waals surface area contributed by atoms with Gasteiger partial charge in [-0.25, -0.2) is 19.2 Å². The summed E-state index contributed by atoms with van der Waals surface area (Å²) in [5.41, 5.74) is 1.16. The van der Waals surface area contributed by atoms with Crippen molar-refractivity contribution < 1.29 is 38.1 Å². The zero-order chi connectivity index (χ0) is 21.3. The van der Waals surface area contributed by atoms with Gasteiger partial charge in [-0.05, 0) is 48.5 Å². The van der Waals surface area contributed by atoms with Gasteiger partial charge in [0.1, 0.15) is 0 Å². The number of hydrogen-bond donors (Lipinski definition) is 0. The lowest BCUT2D eigenvalue weighted by Gasteiger charge is -2.09. The minimum atomic E-state index is -0.541. The van der Waals surface area contributed by atoms with Gasteiger partial charge in [-0.15, -0.1) is 0 Å². The van der Waals surface area contributed by atoms with Crippen LogP contribution in [0.2, 0.25) is 0 Å². The van der Waals surface area contributed by atoms with Crippen LogP contribution in [0.15, 0.2) is 48.5 Å². The molecule has 0 radical (unpaired) electrons. The van der Waals surface area contributed by atoms with Crippen LogP contribution < -0.4 is 0 Å². The summed E-state index contributed by atoms with van der Waals surface area (Å²) in [5.74, 6) is -2.16. The first-order valence-corrected chi connectivity index (χ1v) is 9.43. The molecule has 156 valence electrons. The lowest BCUT2D eigenvalue weighted by Crippen LogP contribution is -2.13. The fraction of sp³-hybridized carbons (Fsp3) is 0.273. The number of esters is 4. The molecule has 2 aromatic carbocycles. The summed E-state index contributed by atoms with van der Waals surface area (Å²) in [6, 6.07) is 11.7. The van der Waals surface area contributed by atoms with E-state index in [1.807, 2.05) is 0 Å². The van der Waals surface area contributed by atoms with Crippen LogP contribution in [0.25, 0.3) is 0 Å². The quantitative estimate of drug-likeness (QED) is 0.480. The monoisotopic (exact) mass is 412 g/mol. The predicted molar refractivity (Wildman–Crippen MR) is 103 cm³/mol. The summed E-state index contributed by atoms with van der Waals surface area (Å²) in [7, 11) is 0. The number of rotatable bonds is 0. The maximum absolute atomic E-state index is 12.0. The van der Waals surface area contributed by atoms with Crippen LogP contribution in [0.1, 0.15) is 54.3 Å². The molecular formula is C22H20O8. The Hall–Kier alpha value is -3.68. The average Bonchev–Trinajstić information content (AvgIpc) is 2.77. The first-order chi connectivity index (χ1) is 14.5. The lowest BCUT2D eigenvalue weighted by molar-refractivity contribution is 0.0372. The molecule has 0 aliphatic carbocycles. The molecule has 0 fully saturated rings. The van der Waals surface area contributed by atoms with Crippen molar-refractivity contribution in [1.82, 2.24) is 0 Å². The van der Waals surface area contributed by atoms with E-state index in [-0.39, 0.29) is 48.7 Å². The van der Waals surface area contributed by atoms with Gasteiger partial charge in [-0.1, -0.05) is 0 Å². The van der Waals surface area contributed by atoms with Gasteiger partial charge in [0.05, 0.1) is 48.7 Å². The highest BCUT2D eigenvalue weighted by molar-refractivity contribution is 5.94. The molecule has 30 heavy (non-hydrogen) atoms.